The Hall–Kier alpha value is -1.34. The molecule has 1 rings (SSSR count). The van der Waals surface area contributed by atoms with Crippen molar-refractivity contribution < 1.29 is 9.90 Å². The van der Waals surface area contributed by atoms with E-state index < -0.39 is 0 Å². The fourth-order valence-electron chi connectivity index (χ4n) is 1.08. The zero-order valence-corrected chi connectivity index (χ0v) is 9.08. The molecule has 0 heterocycles. The second-order valence-electron chi connectivity index (χ2n) is 2.79. The third-order valence-electron chi connectivity index (χ3n) is 1.78. The summed E-state index contributed by atoms with van der Waals surface area (Å²) in [6.07, 6.45) is 0. The molecule has 0 spiro atoms. The summed E-state index contributed by atoms with van der Waals surface area (Å²) in [6, 6.07) is 6.26. The molecule has 0 saturated carbocycles. The first-order valence-corrected chi connectivity index (χ1v) is 4.90. The van der Waals surface area contributed by atoms with Crippen molar-refractivity contribution in [2.45, 2.75) is 11.8 Å². The molecule has 0 amide bonds. The number of hydrogen-bond donors (Lipinski definition) is 1. The first-order valence-electron chi connectivity index (χ1n) is 3.98. The lowest BCUT2D eigenvalue weighted by molar-refractivity contribution is 0.0995. The summed E-state index contributed by atoms with van der Waals surface area (Å²) in [5.74, 6) is -0.371. The van der Waals surface area contributed by atoms with Gasteiger partial charge in [0.25, 0.3) is 0 Å². The molecule has 1 aromatic rings. The molecular formula is C10H8BrNO2. The summed E-state index contributed by atoms with van der Waals surface area (Å²) in [5.41, 5.74) is 0.278. The Labute approximate surface area is 90.1 Å². The zero-order valence-electron chi connectivity index (χ0n) is 7.49. The average molecular weight is 254 g/mol. The van der Waals surface area contributed by atoms with E-state index >= 15 is 0 Å². The van der Waals surface area contributed by atoms with Gasteiger partial charge >= 0.3 is 0 Å². The molecule has 0 saturated heterocycles. The van der Waals surface area contributed by atoms with Crippen molar-refractivity contribution in [3.8, 4) is 11.8 Å². The minimum absolute atomic E-state index is 0.0313. The maximum atomic E-state index is 11.6. The molecule has 0 bridgehead atoms. The Morgan fingerprint density at radius 3 is 2.79 bits per heavy atom. The predicted octanol–water partition coefficient (Wildman–Crippen LogP) is 2.23. The lowest BCUT2D eigenvalue weighted by Gasteiger charge is -2.05. The van der Waals surface area contributed by atoms with Gasteiger partial charge in [0, 0.05) is 5.56 Å². The second-order valence-corrected chi connectivity index (χ2v) is 4.17. The molecule has 0 aromatic heterocycles. The number of ketones is 1. The number of halogens is 1. The fourth-order valence-corrected chi connectivity index (χ4v) is 1.32. The number of alkyl halides is 1. The number of rotatable bonds is 2. The molecule has 0 radical (unpaired) electrons. The highest BCUT2D eigenvalue weighted by Gasteiger charge is 2.17. The molecule has 72 valence electrons. The third-order valence-corrected chi connectivity index (χ3v) is 2.20. The normalized spacial score (nSPS) is 11.8. The zero-order chi connectivity index (χ0) is 10.7. The van der Waals surface area contributed by atoms with Crippen LogP contribution >= 0.6 is 15.9 Å². The smallest absolute Gasteiger partial charge is 0.177 e. The number of phenolic OH excluding ortho intramolecular Hbond substituents is 1. The number of nitrogens with zero attached hydrogens (tertiary/aromatic N) is 1. The molecule has 3 nitrogen and oxygen atoms in total. The largest absolute Gasteiger partial charge is 0.507 e. The SMILES string of the molecule is CC(Br)C(=O)c1cccc(O)c1C#N. The van der Waals surface area contributed by atoms with Crippen LogP contribution < -0.4 is 0 Å². The van der Waals surface area contributed by atoms with Crippen LogP contribution in [0.1, 0.15) is 22.8 Å². The number of carbonyl (C=O) groups excluding carboxylic acids is 1. The minimum atomic E-state index is -0.364. The van der Waals surface area contributed by atoms with E-state index in [4.69, 9.17) is 5.26 Å². The minimum Gasteiger partial charge on any atom is -0.507 e. The van der Waals surface area contributed by atoms with Crippen LogP contribution in [0.3, 0.4) is 0 Å². The number of aromatic hydroxyl groups is 1. The molecule has 14 heavy (non-hydrogen) atoms. The number of phenols is 1. The Morgan fingerprint density at radius 2 is 2.29 bits per heavy atom. The summed E-state index contributed by atoms with van der Waals surface area (Å²) < 4.78 is 0. The number of carbonyl (C=O) groups is 1. The van der Waals surface area contributed by atoms with Crippen LogP contribution in [0.4, 0.5) is 0 Å². The van der Waals surface area contributed by atoms with Crippen molar-refractivity contribution in [1.82, 2.24) is 0 Å². The van der Waals surface area contributed by atoms with Crippen molar-refractivity contribution in [3.05, 3.63) is 29.3 Å². The molecule has 1 atom stereocenters. The summed E-state index contributed by atoms with van der Waals surface area (Å²) in [6.45, 7) is 1.67. The molecule has 1 unspecified atom stereocenters. The molecular weight excluding hydrogens is 246 g/mol. The highest BCUT2D eigenvalue weighted by Crippen LogP contribution is 2.22. The summed E-state index contributed by atoms with van der Waals surface area (Å²) in [7, 11) is 0. The van der Waals surface area contributed by atoms with Gasteiger partial charge in [-0.05, 0) is 19.1 Å². The van der Waals surface area contributed by atoms with Crippen LogP contribution in [0.2, 0.25) is 0 Å². The van der Waals surface area contributed by atoms with Crippen molar-refractivity contribution in [3.63, 3.8) is 0 Å². The molecule has 0 aliphatic heterocycles. The molecule has 4 heteroatoms. The highest BCUT2D eigenvalue weighted by molar-refractivity contribution is 9.10. The van der Waals surface area contributed by atoms with Crippen molar-refractivity contribution in [2.24, 2.45) is 0 Å². The molecule has 0 aliphatic carbocycles. The van der Waals surface area contributed by atoms with Crippen LogP contribution in [0, 0.1) is 11.3 Å². The molecule has 0 aliphatic rings. The van der Waals surface area contributed by atoms with Gasteiger partial charge in [-0.2, -0.15) is 5.26 Å². The molecule has 1 N–H and O–H groups in total. The standard InChI is InChI=1S/C10H8BrNO2/c1-6(11)10(14)7-3-2-4-9(13)8(7)5-12/h2-4,6,13H,1H3. The Morgan fingerprint density at radius 1 is 1.64 bits per heavy atom. The Kier molecular flexibility index (Phi) is 3.26. The van der Waals surface area contributed by atoms with E-state index in [1.165, 1.54) is 12.1 Å². The maximum absolute atomic E-state index is 11.6. The lowest BCUT2D eigenvalue weighted by Crippen LogP contribution is -2.11. The Balaban J connectivity index is 3.29. The first-order chi connectivity index (χ1) is 6.57. The van der Waals surface area contributed by atoms with E-state index in [0.717, 1.165) is 0 Å². The lowest BCUT2D eigenvalue weighted by atomic mass is 10.0. The monoisotopic (exact) mass is 253 g/mol. The average Bonchev–Trinajstić information content (AvgIpc) is 2.16. The van der Waals surface area contributed by atoms with E-state index in [0.29, 0.717) is 0 Å². The second kappa shape index (κ2) is 4.25. The van der Waals surface area contributed by atoms with Gasteiger partial charge in [0.15, 0.2) is 5.78 Å². The van der Waals surface area contributed by atoms with Gasteiger partial charge in [-0.1, -0.05) is 22.0 Å². The van der Waals surface area contributed by atoms with E-state index in [-0.39, 0.29) is 27.5 Å². The predicted molar refractivity (Wildman–Crippen MR) is 55.5 cm³/mol. The van der Waals surface area contributed by atoms with Gasteiger partial charge in [-0.25, -0.2) is 0 Å². The molecule has 0 fully saturated rings. The van der Waals surface area contributed by atoms with Crippen LogP contribution in [-0.4, -0.2) is 15.7 Å². The van der Waals surface area contributed by atoms with Crippen molar-refractivity contribution in [2.75, 3.05) is 0 Å². The fraction of sp³-hybridized carbons (Fsp3) is 0.200. The van der Waals surface area contributed by atoms with Gasteiger partial charge in [-0.15, -0.1) is 0 Å². The number of benzene rings is 1. The van der Waals surface area contributed by atoms with E-state index in [1.54, 1.807) is 13.0 Å². The van der Waals surface area contributed by atoms with Gasteiger partial charge in [-0.3, -0.25) is 4.79 Å². The van der Waals surface area contributed by atoms with Crippen LogP contribution in [0.25, 0.3) is 0 Å². The maximum Gasteiger partial charge on any atom is 0.177 e. The van der Waals surface area contributed by atoms with Crippen LogP contribution in [-0.2, 0) is 0 Å². The quantitative estimate of drug-likeness (QED) is 0.650. The number of hydrogen-bond acceptors (Lipinski definition) is 3. The summed E-state index contributed by atoms with van der Waals surface area (Å²) >= 11 is 3.12. The highest BCUT2D eigenvalue weighted by atomic mass is 79.9. The van der Waals surface area contributed by atoms with E-state index in [1.807, 2.05) is 6.07 Å². The van der Waals surface area contributed by atoms with E-state index in [2.05, 4.69) is 15.9 Å². The number of Topliss-reactive ketones (excluding diaryl/α,β-unsaturated/α-hetero) is 1. The van der Waals surface area contributed by atoms with Crippen molar-refractivity contribution >= 4 is 21.7 Å². The topological polar surface area (TPSA) is 61.1 Å². The number of nitriles is 1. The third kappa shape index (κ3) is 1.94. The van der Waals surface area contributed by atoms with Crippen molar-refractivity contribution in [1.29, 1.82) is 5.26 Å². The van der Waals surface area contributed by atoms with E-state index in [9.17, 15) is 9.90 Å². The molecule has 1 aromatic carbocycles. The van der Waals surface area contributed by atoms with Gasteiger partial charge in [0.2, 0.25) is 0 Å². The van der Waals surface area contributed by atoms with Crippen LogP contribution in [0.5, 0.6) is 5.75 Å². The van der Waals surface area contributed by atoms with Crippen LogP contribution in [0.15, 0.2) is 18.2 Å². The Bertz CT molecular complexity index is 407. The van der Waals surface area contributed by atoms with Gasteiger partial charge in [0.1, 0.15) is 17.4 Å². The van der Waals surface area contributed by atoms with Gasteiger partial charge < -0.3 is 5.11 Å². The van der Waals surface area contributed by atoms with Gasteiger partial charge in [0.05, 0.1) is 4.83 Å². The first kappa shape index (κ1) is 10.7. The summed E-state index contributed by atoms with van der Waals surface area (Å²) in [4.78, 5) is 11.2. The summed E-state index contributed by atoms with van der Waals surface area (Å²) in [5, 5.41) is 18.1.